The monoisotopic (exact) mass is 292 g/mol. The molecule has 0 saturated carbocycles. The number of ether oxygens (including phenoxy) is 1. The first-order valence-corrected chi connectivity index (χ1v) is 7.75. The van der Waals surface area contributed by atoms with E-state index in [9.17, 15) is 4.79 Å². The van der Waals surface area contributed by atoms with Gasteiger partial charge >= 0.3 is 0 Å². The van der Waals surface area contributed by atoms with Crippen LogP contribution in [0.3, 0.4) is 0 Å². The maximum absolute atomic E-state index is 11.9. The molecule has 1 fully saturated rings. The van der Waals surface area contributed by atoms with Gasteiger partial charge < -0.3 is 15.4 Å². The fourth-order valence-corrected chi connectivity index (χ4v) is 2.23. The van der Waals surface area contributed by atoms with Crippen LogP contribution in [0.5, 0.6) is 0 Å². The lowest BCUT2D eigenvalue weighted by Gasteiger charge is -2.10. The lowest BCUT2D eigenvalue weighted by atomic mass is 10.2. The Morgan fingerprint density at radius 2 is 2.19 bits per heavy atom. The van der Waals surface area contributed by atoms with E-state index >= 15 is 0 Å². The molecule has 6 nitrogen and oxygen atoms in total. The molecule has 0 spiro atoms. The first kappa shape index (κ1) is 15.7. The number of unbranched alkanes of at least 4 members (excludes halogenated alkanes) is 2. The Morgan fingerprint density at radius 3 is 2.86 bits per heavy atom. The highest BCUT2D eigenvalue weighted by Gasteiger charge is 2.16. The molecule has 2 heterocycles. The van der Waals surface area contributed by atoms with E-state index in [0.29, 0.717) is 18.1 Å². The Labute approximate surface area is 125 Å². The number of nitrogens with zero attached hydrogens (tertiary/aromatic N) is 2. The molecule has 2 rings (SSSR count). The third kappa shape index (κ3) is 5.30. The summed E-state index contributed by atoms with van der Waals surface area (Å²) in [6, 6.07) is 0. The van der Waals surface area contributed by atoms with Gasteiger partial charge in [-0.1, -0.05) is 19.8 Å². The minimum Gasteiger partial charge on any atom is -0.376 e. The van der Waals surface area contributed by atoms with E-state index in [1.165, 1.54) is 12.8 Å². The largest absolute Gasteiger partial charge is 0.376 e. The van der Waals surface area contributed by atoms with Gasteiger partial charge in [-0.2, -0.15) is 0 Å². The summed E-state index contributed by atoms with van der Waals surface area (Å²) in [5, 5.41) is 6.00. The highest BCUT2D eigenvalue weighted by atomic mass is 16.5. The van der Waals surface area contributed by atoms with Crippen LogP contribution in [-0.2, 0) is 4.74 Å². The molecule has 0 radical (unpaired) electrons. The SMILES string of the molecule is CCCCCNc1ncc(C(=O)NCC2CCCO2)cn1. The second-order valence-electron chi connectivity index (χ2n) is 5.27. The summed E-state index contributed by atoms with van der Waals surface area (Å²) in [6.45, 7) is 4.37. The summed E-state index contributed by atoms with van der Waals surface area (Å²) in [5.41, 5.74) is 0.479. The van der Waals surface area contributed by atoms with Gasteiger partial charge in [0.05, 0.1) is 11.7 Å². The summed E-state index contributed by atoms with van der Waals surface area (Å²) < 4.78 is 5.47. The second kappa shape index (κ2) is 8.56. The van der Waals surface area contributed by atoms with E-state index in [0.717, 1.165) is 32.4 Å². The predicted molar refractivity (Wildman–Crippen MR) is 81.4 cm³/mol. The number of aromatic nitrogens is 2. The highest BCUT2D eigenvalue weighted by Crippen LogP contribution is 2.10. The third-order valence-corrected chi connectivity index (χ3v) is 3.49. The molecule has 21 heavy (non-hydrogen) atoms. The van der Waals surface area contributed by atoms with Gasteiger partial charge in [-0.15, -0.1) is 0 Å². The Hall–Kier alpha value is -1.69. The maximum Gasteiger partial charge on any atom is 0.254 e. The van der Waals surface area contributed by atoms with Crippen molar-refractivity contribution >= 4 is 11.9 Å². The van der Waals surface area contributed by atoms with Crippen molar-refractivity contribution in [2.24, 2.45) is 0 Å². The summed E-state index contributed by atoms with van der Waals surface area (Å²) in [7, 11) is 0. The summed E-state index contributed by atoms with van der Waals surface area (Å²) >= 11 is 0. The van der Waals surface area contributed by atoms with Crippen molar-refractivity contribution in [3.05, 3.63) is 18.0 Å². The van der Waals surface area contributed by atoms with Gasteiger partial charge in [-0.3, -0.25) is 4.79 Å². The molecular weight excluding hydrogens is 268 g/mol. The summed E-state index contributed by atoms with van der Waals surface area (Å²) in [5.74, 6) is 0.421. The lowest BCUT2D eigenvalue weighted by Crippen LogP contribution is -2.31. The minimum absolute atomic E-state index is 0.148. The van der Waals surface area contributed by atoms with E-state index in [4.69, 9.17) is 4.74 Å². The first-order chi connectivity index (χ1) is 10.3. The number of carbonyl (C=O) groups excluding carboxylic acids is 1. The molecule has 2 N–H and O–H groups in total. The van der Waals surface area contributed by atoms with E-state index in [1.807, 2.05) is 0 Å². The normalized spacial score (nSPS) is 17.7. The van der Waals surface area contributed by atoms with E-state index in [1.54, 1.807) is 12.4 Å². The number of anilines is 1. The summed E-state index contributed by atoms with van der Waals surface area (Å²) in [4.78, 5) is 20.3. The van der Waals surface area contributed by atoms with Crippen molar-refractivity contribution in [2.75, 3.05) is 25.0 Å². The van der Waals surface area contributed by atoms with Gasteiger partial charge in [-0.25, -0.2) is 9.97 Å². The lowest BCUT2D eigenvalue weighted by molar-refractivity contribution is 0.0857. The molecule has 0 aliphatic carbocycles. The van der Waals surface area contributed by atoms with Crippen LogP contribution in [0.4, 0.5) is 5.95 Å². The van der Waals surface area contributed by atoms with Crippen molar-refractivity contribution in [3.63, 3.8) is 0 Å². The Balaban J connectivity index is 1.73. The van der Waals surface area contributed by atoms with Crippen molar-refractivity contribution in [1.29, 1.82) is 0 Å². The van der Waals surface area contributed by atoms with Gasteiger partial charge in [0.2, 0.25) is 5.95 Å². The van der Waals surface area contributed by atoms with E-state index in [2.05, 4.69) is 27.5 Å². The maximum atomic E-state index is 11.9. The number of hydrogen-bond acceptors (Lipinski definition) is 5. The van der Waals surface area contributed by atoms with Crippen LogP contribution in [0, 0.1) is 0 Å². The molecule has 1 saturated heterocycles. The number of nitrogens with one attached hydrogen (secondary N) is 2. The average molecular weight is 292 g/mol. The Kier molecular flexibility index (Phi) is 6.40. The van der Waals surface area contributed by atoms with Crippen LogP contribution < -0.4 is 10.6 Å². The van der Waals surface area contributed by atoms with Crippen LogP contribution in [0.15, 0.2) is 12.4 Å². The van der Waals surface area contributed by atoms with Gasteiger partial charge in [0, 0.05) is 32.1 Å². The number of rotatable bonds is 8. The molecule has 1 aromatic rings. The van der Waals surface area contributed by atoms with Crippen molar-refractivity contribution < 1.29 is 9.53 Å². The summed E-state index contributed by atoms with van der Waals surface area (Å²) in [6.07, 6.45) is 8.82. The molecular formula is C15H24N4O2. The number of hydrogen-bond donors (Lipinski definition) is 2. The Morgan fingerprint density at radius 1 is 1.38 bits per heavy atom. The van der Waals surface area contributed by atoms with Crippen LogP contribution in [0.25, 0.3) is 0 Å². The van der Waals surface area contributed by atoms with Crippen LogP contribution in [0.2, 0.25) is 0 Å². The highest BCUT2D eigenvalue weighted by molar-refractivity contribution is 5.93. The molecule has 1 atom stereocenters. The second-order valence-corrected chi connectivity index (χ2v) is 5.27. The van der Waals surface area contributed by atoms with E-state index in [-0.39, 0.29) is 12.0 Å². The van der Waals surface area contributed by atoms with Gasteiger partial charge in [-0.05, 0) is 19.3 Å². The molecule has 1 aliphatic rings. The zero-order chi connectivity index (χ0) is 14.9. The van der Waals surface area contributed by atoms with E-state index < -0.39 is 0 Å². The zero-order valence-corrected chi connectivity index (χ0v) is 12.6. The van der Waals surface area contributed by atoms with Gasteiger partial charge in [0.25, 0.3) is 5.91 Å². The average Bonchev–Trinajstić information content (AvgIpc) is 3.03. The fraction of sp³-hybridized carbons (Fsp3) is 0.667. The van der Waals surface area contributed by atoms with Crippen LogP contribution in [-0.4, -0.2) is 41.7 Å². The minimum atomic E-state index is -0.150. The molecule has 116 valence electrons. The smallest absolute Gasteiger partial charge is 0.254 e. The molecule has 0 aromatic carbocycles. The zero-order valence-electron chi connectivity index (χ0n) is 12.6. The Bertz CT molecular complexity index is 430. The van der Waals surface area contributed by atoms with Crippen molar-refractivity contribution in [3.8, 4) is 0 Å². The quantitative estimate of drug-likeness (QED) is 0.717. The van der Waals surface area contributed by atoms with Crippen LogP contribution in [0.1, 0.15) is 49.4 Å². The fourth-order valence-electron chi connectivity index (χ4n) is 2.23. The third-order valence-electron chi connectivity index (χ3n) is 3.49. The number of amides is 1. The standard InChI is InChI=1S/C15H24N4O2/c1-2-3-4-7-16-15-18-9-12(10-19-15)14(20)17-11-13-6-5-8-21-13/h9-10,13H,2-8,11H2,1H3,(H,17,20)(H,16,18,19). The predicted octanol–water partition coefficient (Wildman–Crippen LogP) is 1.99. The van der Waals surface area contributed by atoms with Crippen molar-refractivity contribution in [1.82, 2.24) is 15.3 Å². The first-order valence-electron chi connectivity index (χ1n) is 7.75. The van der Waals surface area contributed by atoms with Gasteiger partial charge in [0.15, 0.2) is 0 Å². The van der Waals surface area contributed by atoms with Crippen molar-refractivity contribution in [2.45, 2.75) is 45.1 Å². The molecule has 0 bridgehead atoms. The van der Waals surface area contributed by atoms with Crippen LogP contribution >= 0.6 is 0 Å². The van der Waals surface area contributed by atoms with Gasteiger partial charge in [0.1, 0.15) is 0 Å². The topological polar surface area (TPSA) is 76.1 Å². The molecule has 1 aliphatic heterocycles. The molecule has 1 amide bonds. The molecule has 1 unspecified atom stereocenters. The molecule has 6 heteroatoms. The number of carbonyl (C=O) groups is 1. The molecule has 1 aromatic heterocycles.